The van der Waals surface area contributed by atoms with Crippen LogP contribution >= 0.6 is 11.6 Å². The minimum atomic E-state index is -0.937. The van der Waals surface area contributed by atoms with Crippen molar-refractivity contribution in [1.82, 2.24) is 5.32 Å². The molecule has 3 amide bonds. The molecule has 0 radical (unpaired) electrons. The molecule has 6 nitrogen and oxygen atoms in total. The van der Waals surface area contributed by atoms with Crippen LogP contribution in [0.15, 0.2) is 54.6 Å². The Bertz CT molecular complexity index is 841. The maximum absolute atomic E-state index is 12.6. The van der Waals surface area contributed by atoms with Crippen molar-refractivity contribution in [2.75, 3.05) is 11.4 Å². The number of anilines is 1. The summed E-state index contributed by atoms with van der Waals surface area (Å²) in [6.45, 7) is 0.203. The molecule has 3 rings (SSSR count). The third-order valence-electron chi connectivity index (χ3n) is 4.34. The number of para-hydroxylation sites is 1. The predicted octanol–water partition coefficient (Wildman–Crippen LogP) is 2.04. The van der Waals surface area contributed by atoms with Crippen molar-refractivity contribution in [1.29, 1.82) is 0 Å². The minimum absolute atomic E-state index is 0.0529. The zero-order chi connectivity index (χ0) is 18.7. The first-order valence-corrected chi connectivity index (χ1v) is 8.54. The molecule has 0 aromatic heterocycles. The van der Waals surface area contributed by atoms with Crippen LogP contribution in [0.1, 0.15) is 18.0 Å². The Labute approximate surface area is 155 Å². The van der Waals surface area contributed by atoms with E-state index in [-0.39, 0.29) is 24.8 Å². The molecule has 1 heterocycles. The molecule has 1 aliphatic rings. The number of amides is 3. The van der Waals surface area contributed by atoms with Gasteiger partial charge in [-0.25, -0.2) is 0 Å². The quantitative estimate of drug-likeness (QED) is 0.842. The number of nitrogens with two attached hydrogens (primary N) is 1. The molecular weight excluding hydrogens is 354 g/mol. The van der Waals surface area contributed by atoms with E-state index in [1.165, 1.54) is 4.90 Å². The van der Waals surface area contributed by atoms with Crippen LogP contribution in [0.4, 0.5) is 5.69 Å². The number of benzene rings is 2. The van der Waals surface area contributed by atoms with Gasteiger partial charge in [0.1, 0.15) is 6.04 Å². The summed E-state index contributed by atoms with van der Waals surface area (Å²) in [6, 6.07) is 14.8. The molecule has 1 saturated heterocycles. The number of primary amides is 1. The second kappa shape index (κ2) is 7.58. The third kappa shape index (κ3) is 3.70. The summed E-state index contributed by atoms with van der Waals surface area (Å²) in [5.41, 5.74) is 6.60. The van der Waals surface area contributed by atoms with Gasteiger partial charge in [0.05, 0.1) is 16.6 Å². The van der Waals surface area contributed by atoms with Gasteiger partial charge in [-0.3, -0.25) is 14.4 Å². The molecule has 0 spiro atoms. The minimum Gasteiger partial charge on any atom is -0.368 e. The van der Waals surface area contributed by atoms with Gasteiger partial charge in [0, 0.05) is 13.0 Å². The lowest BCUT2D eigenvalue weighted by atomic mass is 10.0. The molecule has 0 aliphatic carbocycles. The van der Waals surface area contributed by atoms with Crippen molar-refractivity contribution in [2.45, 2.75) is 12.5 Å². The van der Waals surface area contributed by atoms with Gasteiger partial charge in [0.2, 0.25) is 17.7 Å². The highest BCUT2D eigenvalue weighted by Gasteiger charge is 2.37. The molecule has 26 heavy (non-hydrogen) atoms. The van der Waals surface area contributed by atoms with E-state index >= 15 is 0 Å². The molecule has 2 atom stereocenters. The first-order chi connectivity index (χ1) is 12.5. The highest BCUT2D eigenvalue weighted by Crippen LogP contribution is 2.31. The smallest absolute Gasteiger partial charge is 0.244 e. The summed E-state index contributed by atoms with van der Waals surface area (Å²) in [7, 11) is 0. The average molecular weight is 372 g/mol. The number of hydrogen-bond acceptors (Lipinski definition) is 3. The van der Waals surface area contributed by atoms with Crippen LogP contribution in [-0.2, 0) is 14.4 Å². The first kappa shape index (κ1) is 17.9. The SMILES string of the molecule is NC(=O)C(NC(=O)C1CC(=O)N(c2ccccc2Cl)C1)c1ccccc1. The highest BCUT2D eigenvalue weighted by molar-refractivity contribution is 6.33. The normalized spacial score (nSPS) is 17.8. The van der Waals surface area contributed by atoms with E-state index in [1.54, 1.807) is 54.6 Å². The molecule has 1 fully saturated rings. The third-order valence-corrected chi connectivity index (χ3v) is 4.66. The van der Waals surface area contributed by atoms with E-state index in [0.717, 1.165) is 0 Å². The molecule has 7 heteroatoms. The Morgan fingerprint density at radius 1 is 1.12 bits per heavy atom. The Morgan fingerprint density at radius 2 is 1.77 bits per heavy atom. The van der Waals surface area contributed by atoms with E-state index in [2.05, 4.69) is 5.32 Å². The van der Waals surface area contributed by atoms with Crippen molar-refractivity contribution < 1.29 is 14.4 Å². The zero-order valence-corrected chi connectivity index (χ0v) is 14.6. The fraction of sp³-hybridized carbons (Fsp3) is 0.211. The molecule has 0 bridgehead atoms. The number of nitrogens with one attached hydrogen (secondary N) is 1. The molecular formula is C19H18ClN3O3. The number of carbonyl (C=O) groups is 3. The number of carbonyl (C=O) groups excluding carboxylic acids is 3. The second-order valence-corrected chi connectivity index (χ2v) is 6.52. The fourth-order valence-electron chi connectivity index (χ4n) is 3.01. The number of rotatable bonds is 5. The lowest BCUT2D eigenvalue weighted by molar-refractivity contribution is -0.130. The van der Waals surface area contributed by atoms with Crippen molar-refractivity contribution in [3.8, 4) is 0 Å². The van der Waals surface area contributed by atoms with Crippen molar-refractivity contribution in [2.24, 2.45) is 11.7 Å². The van der Waals surface area contributed by atoms with Gasteiger partial charge in [0.25, 0.3) is 0 Å². The standard InChI is InChI=1S/C19H18ClN3O3/c20-14-8-4-5-9-15(14)23-11-13(10-16(23)24)19(26)22-17(18(21)25)12-6-2-1-3-7-12/h1-9,13,17H,10-11H2,(H2,21,25)(H,22,26). The largest absolute Gasteiger partial charge is 0.368 e. The van der Waals surface area contributed by atoms with Gasteiger partial charge in [-0.05, 0) is 17.7 Å². The Hall–Kier alpha value is -2.86. The van der Waals surface area contributed by atoms with E-state index in [4.69, 9.17) is 17.3 Å². The van der Waals surface area contributed by atoms with Crippen molar-refractivity contribution in [3.63, 3.8) is 0 Å². The summed E-state index contributed by atoms with van der Waals surface area (Å²) < 4.78 is 0. The van der Waals surface area contributed by atoms with E-state index in [1.807, 2.05) is 0 Å². The summed E-state index contributed by atoms with van der Waals surface area (Å²) >= 11 is 6.15. The Kier molecular flexibility index (Phi) is 5.23. The molecule has 2 aromatic carbocycles. The molecule has 134 valence electrons. The number of nitrogens with zero attached hydrogens (tertiary/aromatic N) is 1. The number of halogens is 1. The van der Waals surface area contributed by atoms with Gasteiger partial charge in [-0.1, -0.05) is 54.1 Å². The topological polar surface area (TPSA) is 92.5 Å². The van der Waals surface area contributed by atoms with Gasteiger partial charge in [-0.2, -0.15) is 0 Å². The van der Waals surface area contributed by atoms with Crippen LogP contribution in [0, 0.1) is 5.92 Å². The summed E-state index contributed by atoms with van der Waals surface area (Å²) in [5, 5.41) is 3.10. The van der Waals surface area contributed by atoms with Crippen LogP contribution in [0.5, 0.6) is 0 Å². The molecule has 2 unspecified atom stereocenters. The maximum Gasteiger partial charge on any atom is 0.244 e. The average Bonchev–Trinajstić information content (AvgIpc) is 3.02. The molecule has 3 N–H and O–H groups in total. The van der Waals surface area contributed by atoms with Crippen LogP contribution in [0.25, 0.3) is 0 Å². The molecule has 1 aliphatic heterocycles. The van der Waals surface area contributed by atoms with Gasteiger partial charge < -0.3 is 16.0 Å². The Morgan fingerprint density at radius 3 is 2.42 bits per heavy atom. The molecule has 2 aromatic rings. The van der Waals surface area contributed by atoms with Crippen LogP contribution in [0.3, 0.4) is 0 Å². The van der Waals surface area contributed by atoms with E-state index < -0.39 is 17.9 Å². The summed E-state index contributed by atoms with van der Waals surface area (Å²) in [5.74, 6) is -1.81. The lowest BCUT2D eigenvalue weighted by Gasteiger charge is -2.20. The molecule has 0 saturated carbocycles. The Balaban J connectivity index is 1.73. The van der Waals surface area contributed by atoms with Crippen LogP contribution in [-0.4, -0.2) is 24.3 Å². The van der Waals surface area contributed by atoms with Gasteiger partial charge in [0.15, 0.2) is 0 Å². The lowest BCUT2D eigenvalue weighted by Crippen LogP contribution is -2.41. The number of hydrogen-bond donors (Lipinski definition) is 2. The zero-order valence-electron chi connectivity index (χ0n) is 13.9. The second-order valence-electron chi connectivity index (χ2n) is 6.11. The maximum atomic E-state index is 12.6. The van der Waals surface area contributed by atoms with Crippen molar-refractivity contribution >= 4 is 35.0 Å². The van der Waals surface area contributed by atoms with Gasteiger partial charge >= 0.3 is 0 Å². The highest BCUT2D eigenvalue weighted by atomic mass is 35.5. The van der Waals surface area contributed by atoms with Crippen LogP contribution < -0.4 is 16.0 Å². The first-order valence-electron chi connectivity index (χ1n) is 8.17. The van der Waals surface area contributed by atoms with Gasteiger partial charge in [-0.15, -0.1) is 0 Å². The summed E-state index contributed by atoms with van der Waals surface area (Å²) in [4.78, 5) is 38.2. The van der Waals surface area contributed by atoms with E-state index in [0.29, 0.717) is 16.3 Å². The monoisotopic (exact) mass is 371 g/mol. The predicted molar refractivity (Wildman–Crippen MR) is 98.4 cm³/mol. The van der Waals surface area contributed by atoms with Crippen LogP contribution in [0.2, 0.25) is 5.02 Å². The van der Waals surface area contributed by atoms with E-state index in [9.17, 15) is 14.4 Å². The summed E-state index contributed by atoms with van der Waals surface area (Å²) in [6.07, 6.45) is 0.0529. The van der Waals surface area contributed by atoms with Crippen molar-refractivity contribution in [3.05, 3.63) is 65.2 Å². The fourth-order valence-corrected chi connectivity index (χ4v) is 3.25.